The molecule has 27 heavy (non-hydrogen) atoms. The maximum Gasteiger partial charge on any atom is 0.322 e. The Labute approximate surface area is 181 Å². The van der Waals surface area contributed by atoms with Gasteiger partial charge in [0.15, 0.2) is 5.96 Å². The van der Waals surface area contributed by atoms with E-state index in [1.807, 2.05) is 18.3 Å². The van der Waals surface area contributed by atoms with Crippen molar-refractivity contribution < 1.29 is 9.59 Å². The highest BCUT2D eigenvalue weighted by atomic mass is 127. The zero-order valence-corrected chi connectivity index (χ0v) is 19.1. The van der Waals surface area contributed by atoms with Crippen LogP contribution in [0.5, 0.6) is 0 Å². The summed E-state index contributed by atoms with van der Waals surface area (Å²) < 4.78 is 0. The van der Waals surface area contributed by atoms with Crippen LogP contribution < -0.4 is 16.0 Å². The van der Waals surface area contributed by atoms with Gasteiger partial charge >= 0.3 is 6.03 Å². The van der Waals surface area contributed by atoms with Crippen LogP contribution in [-0.4, -0.2) is 48.5 Å². The molecule has 0 aliphatic carbocycles. The SMILES string of the molecule is CCc1ccc(CNC(=NC)N2CCC(C3(C)NC(=O)NC3=O)CC2)s1.I. The average Bonchev–Trinajstić information content (AvgIpc) is 3.20. The van der Waals surface area contributed by atoms with E-state index in [0.29, 0.717) is 0 Å². The summed E-state index contributed by atoms with van der Waals surface area (Å²) in [6.45, 7) is 6.39. The van der Waals surface area contributed by atoms with Gasteiger partial charge < -0.3 is 15.5 Å². The predicted octanol–water partition coefficient (Wildman–Crippen LogP) is 2.31. The van der Waals surface area contributed by atoms with E-state index in [2.05, 4.69) is 44.9 Å². The summed E-state index contributed by atoms with van der Waals surface area (Å²) in [4.78, 5) is 32.9. The number of urea groups is 1. The molecule has 3 N–H and O–H groups in total. The van der Waals surface area contributed by atoms with Crippen molar-refractivity contribution in [3.05, 3.63) is 21.9 Å². The number of imide groups is 1. The van der Waals surface area contributed by atoms with Gasteiger partial charge in [0.1, 0.15) is 5.54 Å². The Morgan fingerprint density at radius 1 is 1.33 bits per heavy atom. The Hall–Kier alpha value is -1.36. The van der Waals surface area contributed by atoms with Crippen LogP contribution in [0.15, 0.2) is 17.1 Å². The van der Waals surface area contributed by atoms with Crippen molar-refractivity contribution in [3.63, 3.8) is 0 Å². The summed E-state index contributed by atoms with van der Waals surface area (Å²) in [5.74, 6) is 0.806. The van der Waals surface area contributed by atoms with Crippen molar-refractivity contribution in [2.45, 2.75) is 45.2 Å². The molecule has 3 heterocycles. The summed E-state index contributed by atoms with van der Waals surface area (Å²) in [5, 5.41) is 8.60. The first-order chi connectivity index (χ1) is 12.5. The standard InChI is InChI=1S/C18H27N5O2S.HI/c1-4-13-5-6-14(26-13)11-20-16(19-3)23-9-7-12(8-10-23)18(2)15(24)21-17(25)22-18;/h5-6,12H,4,7-11H2,1-3H3,(H,19,20)(H2,21,22,24,25);1H. The molecule has 2 fully saturated rings. The van der Waals surface area contributed by atoms with E-state index in [0.717, 1.165) is 44.9 Å². The number of piperidine rings is 1. The van der Waals surface area contributed by atoms with E-state index in [-0.39, 0.29) is 41.8 Å². The van der Waals surface area contributed by atoms with E-state index >= 15 is 0 Å². The molecule has 1 atom stereocenters. The molecule has 0 radical (unpaired) electrons. The molecule has 1 aromatic heterocycles. The zero-order valence-electron chi connectivity index (χ0n) is 16.0. The lowest BCUT2D eigenvalue weighted by molar-refractivity contribution is -0.125. The summed E-state index contributed by atoms with van der Waals surface area (Å²) >= 11 is 1.83. The Bertz CT molecular complexity index is 714. The number of nitrogens with one attached hydrogen (secondary N) is 3. The molecule has 2 aliphatic rings. The van der Waals surface area contributed by atoms with Gasteiger partial charge in [0.2, 0.25) is 0 Å². The molecule has 0 aromatic carbocycles. The number of amides is 3. The second-order valence-corrected chi connectivity index (χ2v) is 8.25. The van der Waals surface area contributed by atoms with Crippen molar-refractivity contribution in [3.8, 4) is 0 Å². The van der Waals surface area contributed by atoms with Crippen LogP contribution >= 0.6 is 35.3 Å². The monoisotopic (exact) mass is 505 g/mol. The minimum atomic E-state index is -0.798. The van der Waals surface area contributed by atoms with Gasteiger partial charge in [0.25, 0.3) is 5.91 Å². The molecule has 0 saturated carbocycles. The lowest BCUT2D eigenvalue weighted by Crippen LogP contribution is -2.55. The third-order valence-electron chi connectivity index (χ3n) is 5.38. The van der Waals surface area contributed by atoms with Crippen LogP contribution in [0.4, 0.5) is 4.79 Å². The second kappa shape index (κ2) is 9.22. The van der Waals surface area contributed by atoms with Crippen LogP contribution in [0.25, 0.3) is 0 Å². The van der Waals surface area contributed by atoms with Gasteiger partial charge in [-0.05, 0) is 44.2 Å². The Kier molecular flexibility index (Phi) is 7.49. The van der Waals surface area contributed by atoms with Gasteiger partial charge in [0, 0.05) is 29.9 Å². The number of rotatable bonds is 4. The predicted molar refractivity (Wildman–Crippen MR) is 119 cm³/mol. The zero-order chi connectivity index (χ0) is 18.7. The third kappa shape index (κ3) is 4.74. The second-order valence-electron chi connectivity index (χ2n) is 6.99. The van der Waals surface area contributed by atoms with Crippen LogP contribution in [0.2, 0.25) is 0 Å². The van der Waals surface area contributed by atoms with Crippen molar-refractivity contribution in [1.82, 2.24) is 20.9 Å². The molecule has 3 rings (SSSR count). The number of guanidine groups is 1. The first-order valence-electron chi connectivity index (χ1n) is 9.13. The van der Waals surface area contributed by atoms with Crippen molar-refractivity contribution >= 4 is 53.2 Å². The average molecular weight is 505 g/mol. The van der Waals surface area contributed by atoms with Gasteiger partial charge in [-0.25, -0.2) is 4.79 Å². The minimum Gasteiger partial charge on any atom is -0.351 e. The molecule has 0 spiro atoms. The van der Waals surface area contributed by atoms with Gasteiger partial charge in [-0.2, -0.15) is 0 Å². The molecule has 3 amide bonds. The molecule has 2 aliphatic heterocycles. The fraction of sp³-hybridized carbons (Fsp3) is 0.611. The molecular weight excluding hydrogens is 477 g/mol. The number of carbonyl (C=O) groups is 2. The van der Waals surface area contributed by atoms with Crippen molar-refractivity contribution in [2.75, 3.05) is 20.1 Å². The van der Waals surface area contributed by atoms with Gasteiger partial charge in [0.05, 0.1) is 6.54 Å². The molecule has 1 aromatic rings. The summed E-state index contributed by atoms with van der Waals surface area (Å²) in [6, 6.07) is 3.95. The summed E-state index contributed by atoms with van der Waals surface area (Å²) in [5.41, 5.74) is -0.798. The lowest BCUT2D eigenvalue weighted by atomic mass is 9.79. The lowest BCUT2D eigenvalue weighted by Gasteiger charge is -2.39. The highest BCUT2D eigenvalue weighted by molar-refractivity contribution is 14.0. The van der Waals surface area contributed by atoms with E-state index in [1.54, 1.807) is 7.05 Å². The first-order valence-corrected chi connectivity index (χ1v) is 9.94. The maximum atomic E-state index is 12.1. The molecular formula is C18H28IN5O2S. The number of hydrogen-bond acceptors (Lipinski definition) is 4. The fourth-order valence-corrected chi connectivity index (χ4v) is 4.62. The number of nitrogens with zero attached hydrogens (tertiary/aromatic N) is 2. The molecule has 7 nitrogen and oxygen atoms in total. The van der Waals surface area contributed by atoms with E-state index < -0.39 is 5.54 Å². The number of thiophene rings is 1. The van der Waals surface area contributed by atoms with Crippen LogP contribution in [0.1, 0.15) is 36.4 Å². The third-order valence-corrected chi connectivity index (χ3v) is 6.61. The number of hydrogen-bond donors (Lipinski definition) is 3. The first kappa shape index (κ1) is 21.9. The fourth-order valence-electron chi connectivity index (χ4n) is 3.72. The maximum absolute atomic E-state index is 12.1. The number of likely N-dealkylation sites (tertiary alicyclic amines) is 1. The Morgan fingerprint density at radius 3 is 2.52 bits per heavy atom. The molecule has 150 valence electrons. The van der Waals surface area contributed by atoms with E-state index in [4.69, 9.17) is 0 Å². The molecule has 0 bridgehead atoms. The highest BCUT2D eigenvalue weighted by Crippen LogP contribution is 2.30. The topological polar surface area (TPSA) is 85.8 Å². The number of aliphatic imine (C=N–C) groups is 1. The largest absolute Gasteiger partial charge is 0.351 e. The van der Waals surface area contributed by atoms with Gasteiger partial charge in [-0.1, -0.05) is 6.92 Å². The van der Waals surface area contributed by atoms with Crippen LogP contribution in [0.3, 0.4) is 0 Å². The number of halogens is 1. The smallest absolute Gasteiger partial charge is 0.322 e. The summed E-state index contributed by atoms with van der Waals surface area (Å²) in [7, 11) is 1.80. The highest BCUT2D eigenvalue weighted by Gasteiger charge is 2.48. The van der Waals surface area contributed by atoms with Crippen LogP contribution in [0, 0.1) is 5.92 Å². The van der Waals surface area contributed by atoms with Crippen molar-refractivity contribution in [1.29, 1.82) is 0 Å². The Balaban J connectivity index is 0.00000261. The summed E-state index contributed by atoms with van der Waals surface area (Å²) in [6.07, 6.45) is 2.74. The van der Waals surface area contributed by atoms with E-state index in [1.165, 1.54) is 9.75 Å². The molecule has 9 heteroatoms. The van der Waals surface area contributed by atoms with Crippen LogP contribution in [-0.2, 0) is 17.8 Å². The normalized spacial score (nSPS) is 23.7. The minimum absolute atomic E-state index is 0. The Morgan fingerprint density at radius 2 is 2.00 bits per heavy atom. The van der Waals surface area contributed by atoms with Gasteiger partial charge in [-0.15, -0.1) is 35.3 Å². The van der Waals surface area contributed by atoms with Gasteiger partial charge in [-0.3, -0.25) is 15.1 Å². The van der Waals surface area contributed by atoms with Crippen molar-refractivity contribution in [2.24, 2.45) is 10.9 Å². The number of aryl methyl sites for hydroxylation is 1. The quantitative estimate of drug-likeness (QED) is 0.254. The molecule has 1 unspecified atom stereocenters. The van der Waals surface area contributed by atoms with E-state index in [9.17, 15) is 9.59 Å². The number of carbonyl (C=O) groups excluding carboxylic acids is 2. The molecule has 2 saturated heterocycles.